The molecular weight excluding hydrogens is 416 g/mol. The summed E-state index contributed by atoms with van der Waals surface area (Å²) in [6.07, 6.45) is 6.51. The predicted octanol–water partition coefficient (Wildman–Crippen LogP) is 2.10. The van der Waals surface area contributed by atoms with Gasteiger partial charge in [0.2, 0.25) is 0 Å². The molecule has 0 saturated carbocycles. The van der Waals surface area contributed by atoms with Crippen LogP contribution in [0.2, 0.25) is 0 Å². The Balaban J connectivity index is 0. The monoisotopic (exact) mass is 424 g/mol. The summed E-state index contributed by atoms with van der Waals surface area (Å²) in [4.78, 5) is 20.2. The van der Waals surface area contributed by atoms with Gasteiger partial charge in [-0.1, -0.05) is 12.2 Å². The zero-order valence-corrected chi connectivity index (χ0v) is 13.5. The van der Waals surface area contributed by atoms with Crippen LogP contribution in [0.3, 0.4) is 0 Å². The van der Waals surface area contributed by atoms with Crippen molar-refractivity contribution in [1.82, 2.24) is 0 Å². The first-order valence-corrected chi connectivity index (χ1v) is 9.25. The van der Waals surface area contributed by atoms with Crippen LogP contribution < -0.4 is 9.79 Å². The average molecular weight is 425 g/mol. The summed E-state index contributed by atoms with van der Waals surface area (Å²) in [7, 11) is 7.27. The van der Waals surface area contributed by atoms with Crippen molar-refractivity contribution in [2.75, 3.05) is 0 Å². The van der Waals surface area contributed by atoms with Crippen molar-refractivity contribution >= 4 is 32.4 Å². The molecule has 0 N–H and O–H groups in total. The van der Waals surface area contributed by atoms with E-state index in [1.54, 1.807) is 24.3 Å². The molecule has 0 saturated heterocycles. The summed E-state index contributed by atoms with van der Waals surface area (Å²) in [5.41, 5.74) is 0. The van der Waals surface area contributed by atoms with Crippen LogP contribution in [0.15, 0.2) is 54.6 Å². The quantitative estimate of drug-likeness (QED) is 0.363. The van der Waals surface area contributed by atoms with E-state index >= 15 is 0 Å². The molecule has 7 heteroatoms. The van der Waals surface area contributed by atoms with Gasteiger partial charge in [-0.05, 0) is 12.2 Å². The van der Waals surface area contributed by atoms with Crippen molar-refractivity contribution < 1.29 is 42.8 Å². The molecule has 0 aliphatic heterocycles. The molecule has 17 heavy (non-hydrogen) atoms. The van der Waals surface area contributed by atoms with Crippen LogP contribution in [0.1, 0.15) is 0 Å². The molecule has 0 atom stereocenters. The molecule has 1 aliphatic carbocycles. The second kappa shape index (κ2) is 14.7. The summed E-state index contributed by atoms with van der Waals surface area (Å²) < 4.78 is 0. The standard InChI is InChI=1S/C5H5O2P.C5H5.2ClH.Fe.Pd/c6-8(7)5-3-1-2-4-5;1-2-4-5-3-1;;;;/h1-4H,(H,6,7);1-5H;2*1H;;/q;-1;;;2*+2/p-3. The summed E-state index contributed by atoms with van der Waals surface area (Å²) in [6.45, 7) is 0. The molecule has 0 radical (unpaired) electrons. The van der Waals surface area contributed by atoms with Crippen LogP contribution in [0.5, 0.6) is 0 Å². The molecule has 2 nitrogen and oxygen atoms in total. The van der Waals surface area contributed by atoms with Gasteiger partial charge in [0, 0.05) is 8.00 Å². The van der Waals surface area contributed by atoms with Crippen molar-refractivity contribution in [3.05, 3.63) is 54.6 Å². The SMILES string of the molecule is [Cl][Pd][Cl].[Fe+2].[O-][P+]([O-])=C1C=CC=C1.c1cc[cH-]c1. The molecule has 0 amide bonds. The minimum absolute atomic E-state index is 0. The molecule has 0 bridgehead atoms. The maximum absolute atomic E-state index is 10.1. The first-order chi connectivity index (χ1) is 7.72. The molecule has 2 rings (SSSR count). The van der Waals surface area contributed by atoms with Gasteiger partial charge < -0.3 is 9.79 Å². The van der Waals surface area contributed by atoms with E-state index in [4.69, 9.17) is 19.1 Å². The maximum atomic E-state index is 10.1. The summed E-state index contributed by atoms with van der Waals surface area (Å²) in [5.74, 6) is 0. The van der Waals surface area contributed by atoms with Gasteiger partial charge in [0.1, 0.15) is 5.29 Å². The van der Waals surface area contributed by atoms with Crippen molar-refractivity contribution in [1.29, 1.82) is 0 Å². The summed E-state index contributed by atoms with van der Waals surface area (Å²) in [5, 5.41) is 0.389. The smallest absolute Gasteiger partial charge is 0.633 e. The maximum Gasteiger partial charge on any atom is 2.00 e. The minimum atomic E-state index is -2.36. The van der Waals surface area contributed by atoms with E-state index in [1.807, 2.05) is 30.3 Å². The van der Waals surface area contributed by atoms with Crippen LogP contribution in [0.4, 0.5) is 0 Å². The van der Waals surface area contributed by atoms with Crippen LogP contribution >= 0.6 is 27.1 Å². The molecule has 98 valence electrons. The van der Waals surface area contributed by atoms with Crippen molar-refractivity contribution in [2.45, 2.75) is 0 Å². The Morgan fingerprint density at radius 1 is 1.06 bits per heavy atom. The van der Waals surface area contributed by atoms with E-state index in [0.717, 1.165) is 0 Å². The van der Waals surface area contributed by atoms with E-state index in [1.165, 1.54) is 0 Å². The number of hydrogen-bond donors (Lipinski definition) is 0. The Bertz CT molecular complexity index is 318. The molecule has 0 unspecified atom stereocenters. The van der Waals surface area contributed by atoms with Crippen LogP contribution in [0, 0.1) is 0 Å². The van der Waals surface area contributed by atoms with Gasteiger partial charge in [-0.3, -0.25) is 0 Å². The summed E-state index contributed by atoms with van der Waals surface area (Å²) >= 11 is -0.106. The van der Waals surface area contributed by atoms with Gasteiger partial charge in [-0.15, -0.1) is 0 Å². The van der Waals surface area contributed by atoms with Crippen LogP contribution in [0.25, 0.3) is 0 Å². The van der Waals surface area contributed by atoms with Gasteiger partial charge in [-0.25, -0.2) is 12.1 Å². The number of allylic oxidation sites excluding steroid dienone is 4. The molecule has 0 spiro atoms. The fraction of sp³-hybridized carbons (Fsp3) is 0. The Morgan fingerprint density at radius 3 is 1.65 bits per heavy atom. The first kappa shape index (κ1) is 20.0. The molecule has 0 aromatic heterocycles. The largest absolute Gasteiger partial charge is 2.00 e. The third kappa shape index (κ3) is 12.9. The fourth-order valence-corrected chi connectivity index (χ4v) is 1.22. The minimum Gasteiger partial charge on any atom is -0.633 e. The van der Waals surface area contributed by atoms with Gasteiger partial charge in [0.15, 0.2) is 0 Å². The van der Waals surface area contributed by atoms with Crippen molar-refractivity contribution in [2.24, 2.45) is 0 Å². The van der Waals surface area contributed by atoms with Gasteiger partial charge in [0.25, 0.3) is 0 Å². The van der Waals surface area contributed by atoms with Crippen molar-refractivity contribution in [3.63, 3.8) is 0 Å². The normalized spacial score (nSPS) is 10.9. The van der Waals surface area contributed by atoms with E-state index in [9.17, 15) is 9.79 Å². The van der Waals surface area contributed by atoms with E-state index in [0.29, 0.717) is 5.29 Å². The molecule has 0 heterocycles. The first-order valence-electron chi connectivity index (χ1n) is 4.07. The topological polar surface area (TPSA) is 46.1 Å². The second-order valence-electron chi connectivity index (χ2n) is 2.41. The number of hydrogen-bond acceptors (Lipinski definition) is 2. The Kier molecular flexibility index (Phi) is 17.4. The van der Waals surface area contributed by atoms with Crippen LogP contribution in [-0.4, -0.2) is 5.29 Å². The average Bonchev–Trinajstić information content (AvgIpc) is 2.96. The van der Waals surface area contributed by atoms with Gasteiger partial charge >= 0.3 is 52.1 Å². The van der Waals surface area contributed by atoms with Crippen molar-refractivity contribution in [3.8, 4) is 0 Å². The third-order valence-electron chi connectivity index (χ3n) is 1.41. The van der Waals surface area contributed by atoms with Gasteiger partial charge in [0.05, 0.1) is 0 Å². The zero-order valence-electron chi connectivity index (χ0n) is 8.39. The third-order valence-corrected chi connectivity index (χ3v) is 2.13. The number of halogens is 2. The van der Waals surface area contributed by atoms with Gasteiger partial charge in [-0.2, -0.15) is 18.2 Å². The fourth-order valence-electron chi connectivity index (χ4n) is 0.806. The molecular formula is C10H9Cl2FeO2PPd. The van der Waals surface area contributed by atoms with E-state index in [-0.39, 0.29) is 33.0 Å². The zero-order chi connectivity index (χ0) is 12.2. The predicted molar refractivity (Wildman–Crippen MR) is 63.9 cm³/mol. The molecule has 0 fully saturated rings. The van der Waals surface area contributed by atoms with E-state index < -0.39 is 8.00 Å². The molecule has 1 aromatic rings. The summed E-state index contributed by atoms with van der Waals surface area (Å²) in [6, 6.07) is 10.0. The Labute approximate surface area is 129 Å². The Morgan fingerprint density at radius 2 is 1.47 bits per heavy atom. The molecule has 1 aromatic carbocycles. The van der Waals surface area contributed by atoms with E-state index in [2.05, 4.69) is 0 Å². The molecule has 1 aliphatic rings. The number of rotatable bonds is 0. The van der Waals surface area contributed by atoms with Crippen LogP contribution in [-0.2, 0) is 33.0 Å². The Hall–Kier alpha value is 0.682. The second-order valence-corrected chi connectivity index (χ2v) is 5.80.